The molecule has 7 fully saturated rings. The molecule has 3 heteroatoms. The number of aliphatic hydroxyl groups is 1. The summed E-state index contributed by atoms with van der Waals surface area (Å²) < 4.78 is 6.49. The molecule has 3 nitrogen and oxygen atoms in total. The molecule has 2 saturated heterocycles. The molecule has 25 heavy (non-hydrogen) atoms. The average molecular weight is 344 g/mol. The molecule has 0 aromatic heterocycles. The van der Waals surface area contributed by atoms with Crippen molar-refractivity contribution in [1.29, 1.82) is 0 Å². The van der Waals surface area contributed by atoms with Crippen molar-refractivity contribution < 1.29 is 9.84 Å². The van der Waals surface area contributed by atoms with Crippen LogP contribution in [0.5, 0.6) is 0 Å². The van der Waals surface area contributed by atoms with E-state index in [-0.39, 0.29) is 11.5 Å². The predicted octanol–water partition coefficient (Wildman–Crippen LogP) is 3.58. The topological polar surface area (TPSA) is 32.7 Å². The maximum absolute atomic E-state index is 11.3. The zero-order chi connectivity index (χ0) is 17.0. The Labute approximate surface area is 151 Å². The first-order valence-electron chi connectivity index (χ1n) is 10.7. The molecule has 1 N–H and O–H groups in total. The van der Waals surface area contributed by atoms with Crippen LogP contribution in [0, 0.1) is 34.0 Å². The number of aliphatic hydroxyl groups excluding tert-OH is 1. The molecule has 7 rings (SSSR count). The first-order chi connectivity index (χ1) is 12.0. The summed E-state index contributed by atoms with van der Waals surface area (Å²) in [5.74, 6) is 1.99. The largest absolute Gasteiger partial charge is 0.388 e. The molecule has 2 heterocycles. The lowest BCUT2D eigenvalue weighted by molar-refractivity contribution is -0.290. The van der Waals surface area contributed by atoms with Gasteiger partial charge >= 0.3 is 0 Å². The van der Waals surface area contributed by atoms with Gasteiger partial charge in [0.1, 0.15) is 6.23 Å². The van der Waals surface area contributed by atoms with Gasteiger partial charge in [-0.05, 0) is 73.7 Å². The van der Waals surface area contributed by atoms with Crippen LogP contribution in [0.25, 0.3) is 0 Å². The van der Waals surface area contributed by atoms with E-state index in [2.05, 4.69) is 18.4 Å². The van der Waals surface area contributed by atoms with E-state index in [0.717, 1.165) is 24.6 Å². The molecule has 0 radical (unpaired) electrons. The van der Waals surface area contributed by atoms with Gasteiger partial charge in [0.15, 0.2) is 0 Å². The lowest BCUT2D eigenvalue weighted by Gasteiger charge is -2.73. The Morgan fingerprint density at radius 2 is 2.00 bits per heavy atom. The van der Waals surface area contributed by atoms with Gasteiger partial charge in [0.05, 0.1) is 12.7 Å². The summed E-state index contributed by atoms with van der Waals surface area (Å²) in [6.45, 7) is 10.2. The molecule has 5 aliphatic carbocycles. The summed E-state index contributed by atoms with van der Waals surface area (Å²) >= 11 is 0. The van der Waals surface area contributed by atoms with Crippen LogP contribution in [0.1, 0.15) is 58.3 Å². The summed E-state index contributed by atoms with van der Waals surface area (Å²) in [6.07, 6.45) is 10.4. The minimum Gasteiger partial charge on any atom is -0.388 e. The summed E-state index contributed by atoms with van der Waals surface area (Å²) in [5, 5.41) is 11.3. The van der Waals surface area contributed by atoms with Crippen LogP contribution < -0.4 is 0 Å². The number of rotatable bonds is 0. The van der Waals surface area contributed by atoms with Crippen LogP contribution in [-0.2, 0) is 4.74 Å². The van der Waals surface area contributed by atoms with Crippen LogP contribution in [-0.4, -0.2) is 42.0 Å². The molecular formula is C22H33NO2. The normalized spacial score (nSPS) is 60.1. The van der Waals surface area contributed by atoms with Crippen LogP contribution in [0.15, 0.2) is 12.2 Å². The molecule has 1 spiro atoms. The molecule has 2 aliphatic heterocycles. The highest BCUT2D eigenvalue weighted by molar-refractivity contribution is 5.28. The molecule has 8 atom stereocenters. The minimum absolute atomic E-state index is 0.107. The van der Waals surface area contributed by atoms with Crippen molar-refractivity contribution in [2.75, 3.05) is 19.7 Å². The highest BCUT2D eigenvalue weighted by Gasteiger charge is 2.73. The van der Waals surface area contributed by atoms with Gasteiger partial charge in [-0.3, -0.25) is 4.90 Å². The van der Waals surface area contributed by atoms with Gasteiger partial charge in [-0.1, -0.05) is 19.9 Å². The third kappa shape index (κ3) is 1.62. The van der Waals surface area contributed by atoms with Gasteiger partial charge in [0, 0.05) is 23.9 Å². The van der Waals surface area contributed by atoms with Gasteiger partial charge in [0.2, 0.25) is 0 Å². The zero-order valence-electron chi connectivity index (χ0n) is 15.7. The Bertz CT molecular complexity index is 634. The first kappa shape index (κ1) is 15.7. The second-order valence-corrected chi connectivity index (χ2v) is 10.6. The van der Waals surface area contributed by atoms with Crippen molar-refractivity contribution in [3.63, 3.8) is 0 Å². The molecule has 7 aliphatic rings. The number of fused-ring (bicyclic) bond motifs is 3. The Balaban J connectivity index is 1.53. The van der Waals surface area contributed by atoms with E-state index in [1.807, 2.05) is 0 Å². The molecule has 0 amide bonds. The lowest BCUT2D eigenvalue weighted by atomic mass is 9.34. The second-order valence-electron chi connectivity index (χ2n) is 10.6. The van der Waals surface area contributed by atoms with E-state index in [1.54, 1.807) is 0 Å². The van der Waals surface area contributed by atoms with Gasteiger partial charge in [-0.15, -0.1) is 0 Å². The van der Waals surface area contributed by atoms with Crippen LogP contribution in [0.2, 0.25) is 0 Å². The average Bonchev–Trinajstić information content (AvgIpc) is 3.06. The van der Waals surface area contributed by atoms with Crippen molar-refractivity contribution in [3.8, 4) is 0 Å². The summed E-state index contributed by atoms with van der Waals surface area (Å²) in [4.78, 5) is 2.69. The SMILES string of the molecule is C=C1[C@H]2CC[C@@]3(CC[C@@H]4[C@@]5(C)CCC[C@@]4([C@@H]4OCCN4C5)[C@@H]3C2)[C@H]1O. The fraction of sp³-hybridized carbons (Fsp3) is 0.909. The van der Waals surface area contributed by atoms with Crippen molar-refractivity contribution in [2.24, 2.45) is 34.0 Å². The predicted molar refractivity (Wildman–Crippen MR) is 96.8 cm³/mol. The van der Waals surface area contributed by atoms with Gasteiger partial charge in [0.25, 0.3) is 0 Å². The number of hydrogen-bond donors (Lipinski definition) is 1. The number of hydrogen-bond acceptors (Lipinski definition) is 3. The van der Waals surface area contributed by atoms with E-state index in [1.165, 1.54) is 57.9 Å². The minimum atomic E-state index is -0.259. The zero-order valence-corrected chi connectivity index (χ0v) is 15.7. The molecule has 138 valence electrons. The Kier molecular flexibility index (Phi) is 2.95. The summed E-state index contributed by atoms with van der Waals surface area (Å²) in [5.41, 5.74) is 2.02. The molecular weight excluding hydrogens is 310 g/mol. The fourth-order valence-corrected chi connectivity index (χ4v) is 9.23. The molecule has 0 aromatic carbocycles. The smallest absolute Gasteiger partial charge is 0.117 e. The summed E-state index contributed by atoms with van der Waals surface area (Å²) in [7, 11) is 0. The van der Waals surface area contributed by atoms with Gasteiger partial charge < -0.3 is 9.84 Å². The van der Waals surface area contributed by atoms with Crippen molar-refractivity contribution >= 4 is 0 Å². The molecule has 4 bridgehead atoms. The van der Waals surface area contributed by atoms with E-state index < -0.39 is 0 Å². The van der Waals surface area contributed by atoms with E-state index in [9.17, 15) is 5.11 Å². The monoisotopic (exact) mass is 343 g/mol. The van der Waals surface area contributed by atoms with Crippen LogP contribution in [0.3, 0.4) is 0 Å². The second kappa shape index (κ2) is 4.72. The highest BCUT2D eigenvalue weighted by Crippen LogP contribution is 2.75. The fourth-order valence-electron chi connectivity index (χ4n) is 9.23. The number of ether oxygens (including phenoxy) is 1. The Hall–Kier alpha value is -0.380. The lowest BCUT2D eigenvalue weighted by Crippen LogP contribution is -2.73. The van der Waals surface area contributed by atoms with E-state index in [0.29, 0.717) is 28.9 Å². The summed E-state index contributed by atoms with van der Waals surface area (Å²) in [6, 6.07) is 0. The van der Waals surface area contributed by atoms with Crippen LogP contribution >= 0.6 is 0 Å². The van der Waals surface area contributed by atoms with Crippen molar-refractivity contribution in [3.05, 3.63) is 12.2 Å². The highest BCUT2D eigenvalue weighted by atomic mass is 16.5. The van der Waals surface area contributed by atoms with Gasteiger partial charge in [-0.2, -0.15) is 0 Å². The van der Waals surface area contributed by atoms with E-state index >= 15 is 0 Å². The van der Waals surface area contributed by atoms with Gasteiger partial charge in [-0.25, -0.2) is 0 Å². The Morgan fingerprint density at radius 1 is 1.16 bits per heavy atom. The quantitative estimate of drug-likeness (QED) is 0.683. The van der Waals surface area contributed by atoms with Crippen LogP contribution in [0.4, 0.5) is 0 Å². The standard InChI is InChI=1S/C22H33NO2/c1-14-15-4-8-21(18(14)24)9-5-16-20(2)6-3-7-22(16,17(21)12-15)19-23(13-20)10-11-25-19/h15-19,24H,1,3-13H2,2H3/t15-,16+,17+,18-,19-,20-,21-,22-/m0/s1. The van der Waals surface area contributed by atoms with Crippen molar-refractivity contribution in [1.82, 2.24) is 4.90 Å². The van der Waals surface area contributed by atoms with E-state index in [4.69, 9.17) is 4.74 Å². The van der Waals surface area contributed by atoms with Crippen molar-refractivity contribution in [2.45, 2.75) is 70.6 Å². The number of nitrogens with zero attached hydrogens (tertiary/aromatic N) is 1. The maximum Gasteiger partial charge on any atom is 0.117 e. The number of piperidine rings is 1. The first-order valence-corrected chi connectivity index (χ1v) is 10.7. The third-order valence-electron chi connectivity index (χ3n) is 10.00. The molecule has 0 aromatic rings. The Morgan fingerprint density at radius 3 is 2.88 bits per heavy atom. The molecule has 5 saturated carbocycles. The maximum atomic E-state index is 11.3. The molecule has 0 unspecified atom stereocenters. The third-order valence-corrected chi connectivity index (χ3v) is 10.00.